The Hall–Kier alpha value is -2.27. The fraction of sp³-hybridized carbons (Fsp3) is 0.143. The molecule has 104 valence electrons. The maximum absolute atomic E-state index is 11.8. The zero-order valence-corrected chi connectivity index (χ0v) is 11.9. The summed E-state index contributed by atoms with van der Waals surface area (Å²) in [5.41, 5.74) is 7.91. The van der Waals surface area contributed by atoms with Crippen molar-refractivity contribution < 1.29 is 9.53 Å². The number of nitrogens with two attached hydrogens (primary N) is 1. The maximum Gasteiger partial charge on any atom is 0.341 e. The highest BCUT2D eigenvalue weighted by Crippen LogP contribution is 2.29. The smallest absolute Gasteiger partial charge is 0.341 e. The zero-order valence-electron chi connectivity index (χ0n) is 11.1. The van der Waals surface area contributed by atoms with Crippen LogP contribution in [0.2, 0.25) is 5.02 Å². The predicted molar refractivity (Wildman–Crippen MR) is 79.5 cm³/mol. The second-order valence-electron chi connectivity index (χ2n) is 4.21. The van der Waals surface area contributed by atoms with Crippen molar-refractivity contribution in [3.05, 3.63) is 46.6 Å². The number of ether oxygens (including phenoxy) is 1. The Morgan fingerprint density at radius 2 is 2.20 bits per heavy atom. The van der Waals surface area contributed by atoms with Gasteiger partial charge < -0.3 is 15.8 Å². The second kappa shape index (κ2) is 5.79. The number of pyridine rings is 1. The van der Waals surface area contributed by atoms with Gasteiger partial charge in [-0.05, 0) is 24.6 Å². The van der Waals surface area contributed by atoms with Gasteiger partial charge in [-0.25, -0.2) is 9.78 Å². The van der Waals surface area contributed by atoms with Gasteiger partial charge in [-0.15, -0.1) is 0 Å². The van der Waals surface area contributed by atoms with Gasteiger partial charge in [0, 0.05) is 0 Å². The fourth-order valence-corrected chi connectivity index (χ4v) is 2.02. The molecule has 0 spiro atoms. The number of rotatable bonds is 3. The van der Waals surface area contributed by atoms with Crippen molar-refractivity contribution >= 4 is 34.8 Å². The molecule has 2 rings (SSSR count). The van der Waals surface area contributed by atoms with Gasteiger partial charge in [-0.3, -0.25) is 0 Å². The number of para-hydroxylation sites is 1. The van der Waals surface area contributed by atoms with E-state index in [-0.39, 0.29) is 5.56 Å². The van der Waals surface area contributed by atoms with Crippen molar-refractivity contribution in [2.24, 2.45) is 0 Å². The topological polar surface area (TPSA) is 77.2 Å². The summed E-state index contributed by atoms with van der Waals surface area (Å²) in [6, 6.07) is 7.02. The molecule has 0 saturated heterocycles. The molecule has 3 N–H and O–H groups in total. The first kappa shape index (κ1) is 14.1. The van der Waals surface area contributed by atoms with E-state index in [2.05, 4.69) is 10.3 Å². The van der Waals surface area contributed by atoms with Crippen LogP contribution in [0.15, 0.2) is 30.5 Å². The summed E-state index contributed by atoms with van der Waals surface area (Å²) in [5, 5.41) is 3.59. The first-order valence-corrected chi connectivity index (χ1v) is 6.26. The summed E-state index contributed by atoms with van der Waals surface area (Å²) >= 11 is 6.15. The first-order valence-electron chi connectivity index (χ1n) is 5.89. The summed E-state index contributed by atoms with van der Waals surface area (Å²) in [7, 11) is 1.30. The summed E-state index contributed by atoms with van der Waals surface area (Å²) in [5.74, 6) is -0.167. The van der Waals surface area contributed by atoms with E-state index >= 15 is 0 Å². The Labute approximate surface area is 121 Å². The van der Waals surface area contributed by atoms with E-state index in [1.807, 2.05) is 19.1 Å². The van der Waals surface area contributed by atoms with Crippen LogP contribution in [-0.4, -0.2) is 18.1 Å². The Bertz CT molecular complexity index is 639. The first-order chi connectivity index (χ1) is 9.52. The number of nitrogen functional groups attached to an aromatic ring is 1. The minimum Gasteiger partial charge on any atom is -0.465 e. The van der Waals surface area contributed by atoms with Crippen molar-refractivity contribution in [1.82, 2.24) is 4.98 Å². The molecular weight excluding hydrogens is 278 g/mol. The Balaban J connectivity index is 2.46. The van der Waals surface area contributed by atoms with Crippen LogP contribution < -0.4 is 11.1 Å². The van der Waals surface area contributed by atoms with E-state index in [1.54, 1.807) is 6.07 Å². The van der Waals surface area contributed by atoms with Crippen molar-refractivity contribution in [1.29, 1.82) is 0 Å². The van der Waals surface area contributed by atoms with Crippen LogP contribution in [0.1, 0.15) is 15.9 Å². The van der Waals surface area contributed by atoms with Crippen molar-refractivity contribution in [2.45, 2.75) is 6.92 Å². The molecule has 0 aliphatic rings. The maximum atomic E-state index is 11.8. The van der Waals surface area contributed by atoms with E-state index in [9.17, 15) is 4.79 Å². The zero-order chi connectivity index (χ0) is 14.7. The van der Waals surface area contributed by atoms with Gasteiger partial charge in [0.15, 0.2) is 0 Å². The molecule has 5 nitrogen and oxygen atoms in total. The number of nitrogens with zero attached hydrogens (tertiary/aromatic N) is 1. The highest BCUT2D eigenvalue weighted by atomic mass is 35.5. The van der Waals surface area contributed by atoms with E-state index < -0.39 is 5.97 Å². The number of carbonyl (C=O) groups is 1. The molecule has 0 atom stereocenters. The van der Waals surface area contributed by atoms with E-state index in [0.717, 1.165) is 5.56 Å². The predicted octanol–water partition coefficient (Wildman–Crippen LogP) is 3.16. The van der Waals surface area contributed by atoms with Gasteiger partial charge in [0.1, 0.15) is 11.4 Å². The number of aromatic nitrogens is 1. The number of esters is 1. The van der Waals surface area contributed by atoms with Crippen LogP contribution in [0.5, 0.6) is 0 Å². The van der Waals surface area contributed by atoms with Crippen LogP contribution in [0.25, 0.3) is 0 Å². The van der Waals surface area contributed by atoms with Crippen molar-refractivity contribution in [3.8, 4) is 0 Å². The quantitative estimate of drug-likeness (QED) is 0.850. The van der Waals surface area contributed by atoms with Crippen LogP contribution in [-0.2, 0) is 4.74 Å². The number of carbonyl (C=O) groups excluding carboxylic acids is 1. The lowest BCUT2D eigenvalue weighted by Crippen LogP contribution is -2.09. The third-order valence-corrected chi connectivity index (χ3v) is 3.09. The molecule has 0 aliphatic heterocycles. The summed E-state index contributed by atoms with van der Waals surface area (Å²) < 4.78 is 4.72. The Morgan fingerprint density at radius 3 is 2.85 bits per heavy atom. The average Bonchev–Trinajstić information content (AvgIpc) is 2.43. The molecule has 0 saturated carbocycles. The molecule has 0 bridgehead atoms. The summed E-state index contributed by atoms with van der Waals surface area (Å²) in [6.07, 6.45) is 1.46. The standard InChI is InChI=1S/C14H14ClN3O2/c1-8-4-3-5-11(15)12(8)18-13-10(14(19)20-2)6-9(16)7-17-13/h3-7H,16H2,1-2H3,(H,17,18). The molecule has 0 radical (unpaired) electrons. The van der Waals surface area contributed by atoms with E-state index in [4.69, 9.17) is 22.1 Å². The number of nitrogens with one attached hydrogen (secondary N) is 1. The van der Waals surface area contributed by atoms with Crippen LogP contribution in [0.3, 0.4) is 0 Å². The Morgan fingerprint density at radius 1 is 1.45 bits per heavy atom. The number of hydrogen-bond donors (Lipinski definition) is 2. The summed E-state index contributed by atoms with van der Waals surface area (Å²) in [4.78, 5) is 15.9. The molecule has 0 aliphatic carbocycles. The third kappa shape index (κ3) is 2.83. The number of benzene rings is 1. The molecule has 1 heterocycles. The molecule has 20 heavy (non-hydrogen) atoms. The van der Waals surface area contributed by atoms with E-state index in [1.165, 1.54) is 19.4 Å². The van der Waals surface area contributed by atoms with Gasteiger partial charge in [0.25, 0.3) is 0 Å². The van der Waals surface area contributed by atoms with Gasteiger partial charge in [-0.1, -0.05) is 23.7 Å². The molecule has 1 aromatic carbocycles. The molecular formula is C14H14ClN3O2. The van der Waals surface area contributed by atoms with Crippen molar-refractivity contribution in [3.63, 3.8) is 0 Å². The summed E-state index contributed by atoms with van der Waals surface area (Å²) in [6.45, 7) is 1.91. The lowest BCUT2D eigenvalue weighted by atomic mass is 10.2. The lowest BCUT2D eigenvalue weighted by molar-refractivity contribution is 0.0601. The van der Waals surface area contributed by atoms with Crippen LogP contribution in [0.4, 0.5) is 17.2 Å². The average molecular weight is 292 g/mol. The molecule has 1 aromatic heterocycles. The van der Waals surface area contributed by atoms with Crippen molar-refractivity contribution in [2.75, 3.05) is 18.2 Å². The number of aryl methyl sites for hydroxylation is 1. The minimum atomic E-state index is -0.517. The third-order valence-electron chi connectivity index (χ3n) is 2.78. The molecule has 2 aromatic rings. The monoisotopic (exact) mass is 291 g/mol. The Kier molecular flexibility index (Phi) is 4.10. The minimum absolute atomic E-state index is 0.256. The number of halogens is 1. The van der Waals surface area contributed by atoms with E-state index in [0.29, 0.717) is 22.2 Å². The fourth-order valence-electron chi connectivity index (χ4n) is 1.75. The highest BCUT2D eigenvalue weighted by molar-refractivity contribution is 6.33. The number of anilines is 3. The van der Waals surface area contributed by atoms with Gasteiger partial charge in [0.05, 0.1) is 29.7 Å². The van der Waals surface area contributed by atoms with Gasteiger partial charge in [0.2, 0.25) is 0 Å². The largest absolute Gasteiger partial charge is 0.465 e. The number of methoxy groups -OCH3 is 1. The van der Waals surface area contributed by atoms with Gasteiger partial charge in [-0.2, -0.15) is 0 Å². The van der Waals surface area contributed by atoms with Crippen LogP contribution in [0, 0.1) is 6.92 Å². The molecule has 0 fully saturated rings. The SMILES string of the molecule is COC(=O)c1cc(N)cnc1Nc1c(C)cccc1Cl. The number of hydrogen-bond acceptors (Lipinski definition) is 5. The second-order valence-corrected chi connectivity index (χ2v) is 4.62. The molecule has 0 amide bonds. The lowest BCUT2D eigenvalue weighted by Gasteiger charge is -2.13. The van der Waals surface area contributed by atoms with Crippen LogP contribution >= 0.6 is 11.6 Å². The molecule has 6 heteroatoms. The molecule has 0 unspecified atom stereocenters. The van der Waals surface area contributed by atoms with Gasteiger partial charge >= 0.3 is 5.97 Å². The highest BCUT2D eigenvalue weighted by Gasteiger charge is 2.15. The normalized spacial score (nSPS) is 10.2.